The van der Waals surface area contributed by atoms with Crippen LogP contribution in [0.4, 0.5) is 0 Å². The van der Waals surface area contributed by atoms with E-state index < -0.39 is 17.8 Å². The van der Waals surface area contributed by atoms with Gasteiger partial charge in [-0.15, -0.1) is 0 Å². The van der Waals surface area contributed by atoms with Gasteiger partial charge in [0.05, 0.1) is 17.7 Å². The molecule has 9 heteroatoms. The molecule has 1 unspecified atom stereocenters. The van der Waals surface area contributed by atoms with Crippen molar-refractivity contribution in [3.05, 3.63) is 52.8 Å². The molecule has 0 radical (unpaired) electrons. The summed E-state index contributed by atoms with van der Waals surface area (Å²) in [5.41, 5.74) is 0.387. The van der Waals surface area contributed by atoms with Crippen LogP contribution in [0.5, 0.6) is 0 Å². The molecular weight excluding hydrogens is 328 g/mol. The summed E-state index contributed by atoms with van der Waals surface area (Å²) in [5.74, 6) is -2.78. The molecule has 4 rings (SSSR count). The first-order valence-corrected chi connectivity index (χ1v) is 7.54. The maximum atomic E-state index is 12.3. The van der Waals surface area contributed by atoms with Crippen LogP contribution in [0.15, 0.2) is 30.3 Å². The molecule has 1 aromatic heterocycles. The number of hydroxylamine groups is 2. The summed E-state index contributed by atoms with van der Waals surface area (Å²) in [6.07, 6.45) is 0. The van der Waals surface area contributed by atoms with Crippen molar-refractivity contribution in [2.75, 3.05) is 0 Å². The number of rotatable bonds is 2. The van der Waals surface area contributed by atoms with Gasteiger partial charge in [0.25, 0.3) is 17.7 Å². The maximum absolute atomic E-state index is 12.3. The average molecular weight is 340 g/mol. The molecule has 0 aliphatic carbocycles. The highest BCUT2D eigenvalue weighted by Crippen LogP contribution is 2.23. The Bertz CT molecular complexity index is 913. The van der Waals surface area contributed by atoms with Gasteiger partial charge in [-0.1, -0.05) is 17.2 Å². The number of carbonyl (C=O) groups is 4. The van der Waals surface area contributed by atoms with Crippen molar-refractivity contribution in [1.29, 1.82) is 0 Å². The van der Waals surface area contributed by atoms with E-state index in [-0.39, 0.29) is 34.5 Å². The van der Waals surface area contributed by atoms with Gasteiger partial charge >= 0.3 is 5.97 Å². The van der Waals surface area contributed by atoms with E-state index in [1.807, 2.05) is 0 Å². The van der Waals surface area contributed by atoms with Crippen molar-refractivity contribution in [3.63, 3.8) is 0 Å². The molecular formula is C16H12N4O5. The zero-order valence-corrected chi connectivity index (χ0v) is 13.1. The van der Waals surface area contributed by atoms with Gasteiger partial charge in [0.1, 0.15) is 5.69 Å². The Balaban J connectivity index is 1.58. The zero-order valence-electron chi connectivity index (χ0n) is 13.1. The second kappa shape index (κ2) is 5.26. The van der Waals surface area contributed by atoms with Gasteiger partial charge in [-0.3, -0.25) is 19.1 Å². The summed E-state index contributed by atoms with van der Waals surface area (Å²) < 4.78 is 1.39. The van der Waals surface area contributed by atoms with Gasteiger partial charge in [-0.2, -0.15) is 5.10 Å². The molecule has 1 atom stereocenters. The molecule has 0 saturated carbocycles. The quantitative estimate of drug-likeness (QED) is 0.792. The Morgan fingerprint density at radius 3 is 2.48 bits per heavy atom. The number of benzene rings is 1. The van der Waals surface area contributed by atoms with Crippen LogP contribution in [-0.4, -0.2) is 44.6 Å². The highest BCUT2D eigenvalue weighted by molar-refractivity contribution is 6.21. The fourth-order valence-corrected chi connectivity index (χ4v) is 2.82. The lowest BCUT2D eigenvalue weighted by Crippen LogP contribution is -2.42. The monoisotopic (exact) mass is 340 g/mol. The van der Waals surface area contributed by atoms with Crippen LogP contribution in [0.3, 0.4) is 0 Å². The Kier molecular flexibility index (Phi) is 3.17. The van der Waals surface area contributed by atoms with E-state index in [0.717, 1.165) is 0 Å². The van der Waals surface area contributed by atoms with Gasteiger partial charge in [-0.05, 0) is 19.1 Å². The van der Waals surface area contributed by atoms with Crippen molar-refractivity contribution >= 4 is 23.7 Å². The maximum Gasteiger partial charge on any atom is 0.384 e. The van der Waals surface area contributed by atoms with E-state index in [1.165, 1.54) is 22.9 Å². The summed E-state index contributed by atoms with van der Waals surface area (Å²) in [6.45, 7) is 2.21. The lowest BCUT2D eigenvalue weighted by atomic mass is 10.1. The highest BCUT2D eigenvalue weighted by Gasteiger charge is 2.39. The average Bonchev–Trinajstić information content (AvgIpc) is 3.11. The van der Waals surface area contributed by atoms with Crippen LogP contribution in [0.25, 0.3) is 0 Å². The second-order valence-corrected chi connectivity index (χ2v) is 5.80. The Hall–Kier alpha value is -3.49. The highest BCUT2D eigenvalue weighted by atomic mass is 16.7. The minimum atomic E-state index is -0.989. The van der Waals surface area contributed by atoms with Crippen molar-refractivity contribution in [1.82, 2.24) is 20.2 Å². The lowest BCUT2D eigenvalue weighted by Gasteiger charge is -2.20. The SMILES string of the molecule is CC1Cn2nc(C(=O)ON3C(=O)c4ccccc4C3=O)cc2C(=O)N1. The Morgan fingerprint density at radius 2 is 1.84 bits per heavy atom. The molecule has 1 N–H and O–H groups in total. The van der Waals surface area contributed by atoms with Crippen LogP contribution < -0.4 is 5.32 Å². The van der Waals surface area contributed by atoms with Crippen molar-refractivity contribution in [2.24, 2.45) is 0 Å². The minimum absolute atomic E-state index is 0.125. The predicted molar refractivity (Wildman–Crippen MR) is 81.5 cm³/mol. The van der Waals surface area contributed by atoms with E-state index in [4.69, 9.17) is 4.84 Å². The minimum Gasteiger partial charge on any atom is -0.346 e. The molecule has 1 aromatic carbocycles. The standard InChI is InChI=1S/C16H12N4O5/c1-8-7-19-12(13(21)17-8)6-11(18-19)16(24)25-20-14(22)9-4-2-3-5-10(9)15(20)23/h2-6,8H,7H2,1H3,(H,17,21). The first-order valence-electron chi connectivity index (χ1n) is 7.54. The van der Waals surface area contributed by atoms with Gasteiger partial charge in [0.15, 0.2) is 5.69 Å². The Morgan fingerprint density at radius 1 is 1.20 bits per heavy atom. The number of hydrogen-bond donors (Lipinski definition) is 1. The van der Waals surface area contributed by atoms with Gasteiger partial charge < -0.3 is 10.2 Å². The third kappa shape index (κ3) is 2.28. The lowest BCUT2D eigenvalue weighted by molar-refractivity contribution is -0.0589. The molecule has 0 fully saturated rings. The van der Waals surface area contributed by atoms with Crippen molar-refractivity contribution in [3.8, 4) is 0 Å². The smallest absolute Gasteiger partial charge is 0.346 e. The van der Waals surface area contributed by atoms with Crippen LogP contribution in [0.2, 0.25) is 0 Å². The Labute approximate surface area is 141 Å². The third-order valence-corrected chi connectivity index (χ3v) is 3.98. The summed E-state index contributed by atoms with van der Waals surface area (Å²) in [4.78, 5) is 53.5. The van der Waals surface area contributed by atoms with E-state index in [1.54, 1.807) is 19.1 Å². The van der Waals surface area contributed by atoms with Crippen LogP contribution in [0.1, 0.15) is 48.6 Å². The number of amides is 3. The van der Waals surface area contributed by atoms with Crippen LogP contribution in [0, 0.1) is 0 Å². The molecule has 9 nitrogen and oxygen atoms in total. The van der Waals surface area contributed by atoms with Gasteiger partial charge in [0.2, 0.25) is 0 Å². The van der Waals surface area contributed by atoms with E-state index in [0.29, 0.717) is 11.6 Å². The van der Waals surface area contributed by atoms with E-state index >= 15 is 0 Å². The van der Waals surface area contributed by atoms with Gasteiger partial charge in [0, 0.05) is 12.1 Å². The van der Waals surface area contributed by atoms with E-state index in [9.17, 15) is 19.2 Å². The third-order valence-electron chi connectivity index (χ3n) is 3.98. The molecule has 126 valence electrons. The molecule has 0 spiro atoms. The number of nitrogens with zero attached hydrogens (tertiary/aromatic N) is 3. The molecule has 0 saturated heterocycles. The fourth-order valence-electron chi connectivity index (χ4n) is 2.82. The summed E-state index contributed by atoms with van der Waals surface area (Å²) in [6, 6.07) is 7.31. The fraction of sp³-hybridized carbons (Fsp3) is 0.188. The zero-order chi connectivity index (χ0) is 17.7. The van der Waals surface area contributed by atoms with Gasteiger partial charge in [-0.25, -0.2) is 4.79 Å². The molecule has 25 heavy (non-hydrogen) atoms. The molecule has 2 aliphatic heterocycles. The number of hydrogen-bond acceptors (Lipinski definition) is 6. The second-order valence-electron chi connectivity index (χ2n) is 5.80. The van der Waals surface area contributed by atoms with Crippen molar-refractivity contribution in [2.45, 2.75) is 19.5 Å². The topological polar surface area (TPSA) is 111 Å². The van der Waals surface area contributed by atoms with Crippen molar-refractivity contribution < 1.29 is 24.0 Å². The number of carbonyl (C=O) groups excluding carboxylic acids is 4. The largest absolute Gasteiger partial charge is 0.384 e. The van der Waals surface area contributed by atoms with Crippen LogP contribution >= 0.6 is 0 Å². The first kappa shape index (κ1) is 15.1. The predicted octanol–water partition coefficient (Wildman–Crippen LogP) is 0.383. The number of imide groups is 1. The summed E-state index contributed by atoms with van der Waals surface area (Å²) in [5, 5.41) is 7.15. The molecule has 2 aromatic rings. The first-order chi connectivity index (χ1) is 12.0. The molecule has 2 aliphatic rings. The number of nitrogens with one attached hydrogen (secondary N) is 1. The molecule has 3 amide bonds. The summed E-state index contributed by atoms with van der Waals surface area (Å²) >= 11 is 0. The molecule has 0 bridgehead atoms. The van der Waals surface area contributed by atoms with E-state index in [2.05, 4.69) is 10.4 Å². The van der Waals surface area contributed by atoms with Crippen LogP contribution in [-0.2, 0) is 11.4 Å². The molecule has 3 heterocycles. The number of aromatic nitrogens is 2. The summed E-state index contributed by atoms with van der Waals surface area (Å²) in [7, 11) is 0. The normalized spacial score (nSPS) is 18.7. The number of fused-ring (bicyclic) bond motifs is 2.